The molecule has 1 saturated carbocycles. The minimum atomic E-state index is -3.75. The standard InChI is InChI=1S/C26H34BrN3O4S/c1-18-8-7-11-24(19(18)2)30(35(4,33)34)17-25(31)29(16-21-12-14-22(27)15-13-21)20(3)26(32)28-23-9-5-6-10-23/h7-8,11-15,20,23H,5-6,9-10,16-17H2,1-4H3,(H,28,32). The van der Waals surface area contributed by atoms with Crippen LogP contribution in [0.25, 0.3) is 0 Å². The minimum Gasteiger partial charge on any atom is -0.352 e. The molecule has 0 bridgehead atoms. The van der Waals surface area contributed by atoms with E-state index in [-0.39, 0.29) is 25.0 Å². The summed E-state index contributed by atoms with van der Waals surface area (Å²) < 4.78 is 27.5. The van der Waals surface area contributed by atoms with Gasteiger partial charge in [0.2, 0.25) is 21.8 Å². The van der Waals surface area contributed by atoms with Crippen LogP contribution < -0.4 is 9.62 Å². The number of carbonyl (C=O) groups is 2. The molecule has 35 heavy (non-hydrogen) atoms. The molecule has 2 aromatic carbocycles. The lowest BCUT2D eigenvalue weighted by atomic mass is 10.1. The van der Waals surface area contributed by atoms with Crippen LogP contribution >= 0.6 is 15.9 Å². The summed E-state index contributed by atoms with van der Waals surface area (Å²) in [7, 11) is -3.75. The number of rotatable bonds is 9. The molecular formula is C26H34BrN3O4S. The van der Waals surface area contributed by atoms with Crippen LogP contribution in [0.2, 0.25) is 0 Å². The van der Waals surface area contributed by atoms with Crippen molar-refractivity contribution in [2.45, 2.75) is 65.1 Å². The molecule has 0 aromatic heterocycles. The van der Waals surface area contributed by atoms with Crippen LogP contribution in [0.3, 0.4) is 0 Å². The highest BCUT2D eigenvalue weighted by Gasteiger charge is 2.31. The number of hydrogen-bond donors (Lipinski definition) is 1. The second-order valence-corrected chi connectivity index (χ2v) is 12.1. The van der Waals surface area contributed by atoms with E-state index in [9.17, 15) is 18.0 Å². The number of nitrogens with one attached hydrogen (secondary N) is 1. The summed E-state index contributed by atoms with van der Waals surface area (Å²) >= 11 is 3.42. The van der Waals surface area contributed by atoms with Gasteiger partial charge >= 0.3 is 0 Å². The van der Waals surface area contributed by atoms with Crippen molar-refractivity contribution in [3.8, 4) is 0 Å². The highest BCUT2D eigenvalue weighted by atomic mass is 79.9. The van der Waals surface area contributed by atoms with Crippen LogP contribution in [-0.4, -0.2) is 50.0 Å². The van der Waals surface area contributed by atoms with Crippen molar-refractivity contribution in [3.63, 3.8) is 0 Å². The van der Waals surface area contributed by atoms with Crippen molar-refractivity contribution in [1.82, 2.24) is 10.2 Å². The summed E-state index contributed by atoms with van der Waals surface area (Å²) in [6.45, 7) is 5.24. The Hall–Kier alpha value is -2.39. The second-order valence-electron chi connectivity index (χ2n) is 9.30. The predicted octanol–water partition coefficient (Wildman–Crippen LogP) is 4.31. The maximum Gasteiger partial charge on any atom is 0.244 e. The monoisotopic (exact) mass is 563 g/mol. The second kappa shape index (κ2) is 11.6. The van der Waals surface area contributed by atoms with Crippen molar-refractivity contribution >= 4 is 43.5 Å². The summed E-state index contributed by atoms with van der Waals surface area (Å²) in [6.07, 6.45) is 5.14. The van der Waals surface area contributed by atoms with Gasteiger partial charge in [-0.25, -0.2) is 8.42 Å². The van der Waals surface area contributed by atoms with Crippen molar-refractivity contribution in [3.05, 3.63) is 63.6 Å². The Morgan fingerprint density at radius 1 is 1.09 bits per heavy atom. The number of anilines is 1. The summed E-state index contributed by atoms with van der Waals surface area (Å²) in [5.41, 5.74) is 3.03. The molecule has 0 spiro atoms. The third kappa shape index (κ3) is 7.07. The summed E-state index contributed by atoms with van der Waals surface area (Å²) in [5, 5.41) is 3.07. The molecular weight excluding hydrogens is 530 g/mol. The van der Waals surface area contributed by atoms with Crippen LogP contribution in [0.5, 0.6) is 0 Å². The van der Waals surface area contributed by atoms with Crippen LogP contribution in [0.4, 0.5) is 5.69 Å². The van der Waals surface area contributed by atoms with Gasteiger partial charge in [-0.3, -0.25) is 13.9 Å². The highest BCUT2D eigenvalue weighted by molar-refractivity contribution is 9.10. The van der Waals surface area contributed by atoms with Crippen LogP contribution in [0.15, 0.2) is 46.9 Å². The van der Waals surface area contributed by atoms with Crippen LogP contribution in [0, 0.1) is 13.8 Å². The topological polar surface area (TPSA) is 86.8 Å². The zero-order valence-electron chi connectivity index (χ0n) is 20.8. The van der Waals surface area contributed by atoms with Gasteiger partial charge in [0.1, 0.15) is 12.6 Å². The molecule has 1 aliphatic carbocycles. The van der Waals surface area contributed by atoms with E-state index in [1.54, 1.807) is 19.1 Å². The van der Waals surface area contributed by atoms with E-state index >= 15 is 0 Å². The molecule has 1 N–H and O–H groups in total. The normalized spacial score (nSPS) is 15.0. The summed E-state index contributed by atoms with van der Waals surface area (Å²) in [4.78, 5) is 28.2. The lowest BCUT2D eigenvalue weighted by molar-refractivity contribution is -0.139. The van der Waals surface area contributed by atoms with Crippen molar-refractivity contribution in [2.75, 3.05) is 17.1 Å². The SMILES string of the molecule is Cc1cccc(N(CC(=O)N(Cc2ccc(Br)cc2)C(C)C(=O)NC2CCCC2)S(C)(=O)=O)c1C. The summed E-state index contributed by atoms with van der Waals surface area (Å²) in [6, 6.07) is 12.2. The lowest BCUT2D eigenvalue weighted by Gasteiger charge is -2.32. The van der Waals surface area contributed by atoms with Gasteiger partial charge < -0.3 is 10.2 Å². The zero-order valence-corrected chi connectivity index (χ0v) is 23.2. The van der Waals surface area contributed by atoms with Crippen molar-refractivity contribution in [2.24, 2.45) is 0 Å². The first-order valence-corrected chi connectivity index (χ1v) is 14.5. The number of halogens is 1. The third-order valence-electron chi connectivity index (χ3n) is 6.66. The fraction of sp³-hybridized carbons (Fsp3) is 0.462. The number of nitrogens with zero attached hydrogens (tertiary/aromatic N) is 2. The number of amides is 2. The molecule has 3 rings (SSSR count). The van der Waals surface area contributed by atoms with E-state index in [2.05, 4.69) is 21.2 Å². The molecule has 1 atom stereocenters. The van der Waals surface area contributed by atoms with E-state index in [0.29, 0.717) is 5.69 Å². The van der Waals surface area contributed by atoms with Crippen molar-refractivity contribution < 1.29 is 18.0 Å². The lowest BCUT2D eigenvalue weighted by Crippen LogP contribution is -2.52. The zero-order chi connectivity index (χ0) is 25.8. The Morgan fingerprint density at radius 2 is 1.71 bits per heavy atom. The van der Waals surface area contributed by atoms with Gasteiger partial charge in [-0.1, -0.05) is 53.0 Å². The van der Waals surface area contributed by atoms with Gasteiger partial charge in [0.25, 0.3) is 0 Å². The van der Waals surface area contributed by atoms with Gasteiger partial charge in [0.05, 0.1) is 11.9 Å². The Kier molecular flexibility index (Phi) is 8.99. The van der Waals surface area contributed by atoms with Crippen molar-refractivity contribution in [1.29, 1.82) is 0 Å². The number of sulfonamides is 1. The molecule has 9 heteroatoms. The number of benzene rings is 2. The van der Waals surface area contributed by atoms with E-state index in [0.717, 1.165) is 57.4 Å². The van der Waals surface area contributed by atoms with Gasteiger partial charge in [-0.2, -0.15) is 0 Å². The fourth-order valence-corrected chi connectivity index (χ4v) is 5.53. The first-order valence-electron chi connectivity index (χ1n) is 11.9. The number of aryl methyl sites for hydroxylation is 1. The number of hydrogen-bond acceptors (Lipinski definition) is 4. The molecule has 0 aliphatic heterocycles. The van der Waals surface area contributed by atoms with Gasteiger partial charge in [0, 0.05) is 17.1 Å². The van der Waals surface area contributed by atoms with Gasteiger partial charge in [0.15, 0.2) is 0 Å². The van der Waals surface area contributed by atoms with Gasteiger partial charge in [-0.15, -0.1) is 0 Å². The average molecular weight is 565 g/mol. The molecule has 2 aromatic rings. The Bertz CT molecular complexity index is 1160. The highest BCUT2D eigenvalue weighted by Crippen LogP contribution is 2.26. The van der Waals surface area contributed by atoms with E-state index in [4.69, 9.17) is 0 Å². The van der Waals surface area contributed by atoms with Gasteiger partial charge in [-0.05, 0) is 68.5 Å². The molecule has 0 saturated heterocycles. The fourth-order valence-electron chi connectivity index (χ4n) is 4.36. The molecule has 1 aliphatic rings. The third-order valence-corrected chi connectivity index (χ3v) is 8.31. The molecule has 7 nitrogen and oxygen atoms in total. The molecule has 2 amide bonds. The maximum atomic E-state index is 13.7. The summed E-state index contributed by atoms with van der Waals surface area (Å²) in [5.74, 6) is -0.659. The Morgan fingerprint density at radius 3 is 2.31 bits per heavy atom. The maximum absolute atomic E-state index is 13.7. The Balaban J connectivity index is 1.90. The smallest absolute Gasteiger partial charge is 0.244 e. The van der Waals surface area contributed by atoms with Crippen LogP contribution in [-0.2, 0) is 26.2 Å². The van der Waals surface area contributed by atoms with E-state index in [1.165, 1.54) is 4.90 Å². The largest absolute Gasteiger partial charge is 0.352 e. The predicted molar refractivity (Wildman–Crippen MR) is 143 cm³/mol. The molecule has 1 unspecified atom stereocenters. The molecule has 0 heterocycles. The molecule has 190 valence electrons. The first-order chi connectivity index (χ1) is 16.5. The Labute approximate surface area is 217 Å². The quantitative estimate of drug-likeness (QED) is 0.492. The average Bonchev–Trinajstić information content (AvgIpc) is 3.31. The van der Waals surface area contributed by atoms with Crippen LogP contribution in [0.1, 0.15) is 49.3 Å². The van der Waals surface area contributed by atoms with E-state index in [1.807, 2.05) is 44.2 Å². The van der Waals surface area contributed by atoms with E-state index < -0.39 is 22.0 Å². The molecule has 0 radical (unpaired) electrons. The minimum absolute atomic E-state index is 0.122. The first kappa shape index (κ1) is 27.2. The molecule has 1 fully saturated rings. The number of carbonyl (C=O) groups excluding carboxylic acids is 2.